The Morgan fingerprint density at radius 3 is 1.93 bits per heavy atom. The van der Waals surface area contributed by atoms with Crippen molar-refractivity contribution in [3.63, 3.8) is 0 Å². The maximum absolute atomic E-state index is 5.07. The standard InChI is InChI=1S/C12H10O2/c1-3-9-4-2-6-11-8-14-13-7-10(5-1)12(9)11/h1-6H,7-8H2. The van der Waals surface area contributed by atoms with Crippen LogP contribution in [0.2, 0.25) is 0 Å². The lowest BCUT2D eigenvalue weighted by Gasteiger charge is -2.04. The number of benzene rings is 2. The molecule has 0 N–H and O–H groups in total. The lowest BCUT2D eigenvalue weighted by Crippen LogP contribution is -1.89. The third kappa shape index (κ3) is 1.12. The van der Waals surface area contributed by atoms with Crippen molar-refractivity contribution >= 4 is 10.8 Å². The molecule has 0 spiro atoms. The summed E-state index contributed by atoms with van der Waals surface area (Å²) in [6, 6.07) is 12.5. The smallest absolute Gasteiger partial charge is 0.108 e. The summed E-state index contributed by atoms with van der Waals surface area (Å²) >= 11 is 0. The van der Waals surface area contributed by atoms with Crippen LogP contribution in [-0.2, 0) is 23.0 Å². The van der Waals surface area contributed by atoms with Gasteiger partial charge in [0, 0.05) is 0 Å². The second kappa shape index (κ2) is 3.08. The average Bonchev–Trinajstić information content (AvgIpc) is 2.44. The zero-order valence-electron chi connectivity index (χ0n) is 7.69. The van der Waals surface area contributed by atoms with Gasteiger partial charge in [0.25, 0.3) is 0 Å². The van der Waals surface area contributed by atoms with E-state index in [4.69, 9.17) is 9.78 Å². The minimum absolute atomic E-state index is 0.536. The van der Waals surface area contributed by atoms with Gasteiger partial charge < -0.3 is 0 Å². The van der Waals surface area contributed by atoms with E-state index in [1.54, 1.807) is 0 Å². The summed E-state index contributed by atoms with van der Waals surface area (Å²) in [7, 11) is 0. The molecule has 0 radical (unpaired) electrons. The zero-order valence-corrected chi connectivity index (χ0v) is 7.69. The molecular weight excluding hydrogens is 176 g/mol. The van der Waals surface area contributed by atoms with E-state index in [9.17, 15) is 0 Å². The van der Waals surface area contributed by atoms with Gasteiger partial charge in [0.15, 0.2) is 0 Å². The largest absolute Gasteiger partial charge is 0.232 e. The van der Waals surface area contributed by atoms with E-state index in [1.165, 1.54) is 21.9 Å². The van der Waals surface area contributed by atoms with Gasteiger partial charge >= 0.3 is 0 Å². The predicted molar refractivity (Wildman–Crippen MR) is 53.5 cm³/mol. The van der Waals surface area contributed by atoms with Gasteiger partial charge in [0.05, 0.1) is 0 Å². The van der Waals surface area contributed by atoms with Gasteiger partial charge in [-0.25, -0.2) is 9.78 Å². The van der Waals surface area contributed by atoms with Crippen LogP contribution in [0.4, 0.5) is 0 Å². The van der Waals surface area contributed by atoms with Gasteiger partial charge in [-0.05, 0) is 21.9 Å². The minimum atomic E-state index is 0.536. The normalized spacial score (nSPS) is 15.4. The fraction of sp³-hybridized carbons (Fsp3) is 0.167. The van der Waals surface area contributed by atoms with Gasteiger partial charge in [0.1, 0.15) is 13.2 Å². The Morgan fingerprint density at radius 2 is 1.36 bits per heavy atom. The van der Waals surface area contributed by atoms with Gasteiger partial charge in [-0.2, -0.15) is 0 Å². The summed E-state index contributed by atoms with van der Waals surface area (Å²) in [6.07, 6.45) is 0. The van der Waals surface area contributed by atoms with E-state index >= 15 is 0 Å². The molecule has 2 aromatic carbocycles. The molecule has 1 aliphatic heterocycles. The van der Waals surface area contributed by atoms with E-state index < -0.39 is 0 Å². The highest BCUT2D eigenvalue weighted by molar-refractivity contribution is 5.88. The highest BCUT2D eigenvalue weighted by atomic mass is 17.2. The van der Waals surface area contributed by atoms with Gasteiger partial charge in [0.2, 0.25) is 0 Å². The van der Waals surface area contributed by atoms with Crippen molar-refractivity contribution in [2.24, 2.45) is 0 Å². The third-order valence-electron chi connectivity index (χ3n) is 2.59. The molecule has 0 saturated heterocycles. The van der Waals surface area contributed by atoms with Crippen LogP contribution < -0.4 is 0 Å². The Bertz CT molecular complexity index is 436. The van der Waals surface area contributed by atoms with Crippen molar-refractivity contribution in [2.75, 3.05) is 0 Å². The fourth-order valence-corrected chi connectivity index (χ4v) is 1.95. The molecule has 1 aliphatic rings. The lowest BCUT2D eigenvalue weighted by molar-refractivity contribution is -0.311. The number of hydrogen-bond acceptors (Lipinski definition) is 2. The fourth-order valence-electron chi connectivity index (χ4n) is 1.95. The molecule has 0 atom stereocenters. The molecule has 0 amide bonds. The molecule has 0 saturated carbocycles. The topological polar surface area (TPSA) is 18.5 Å². The van der Waals surface area contributed by atoms with Gasteiger partial charge in [-0.1, -0.05) is 36.4 Å². The Morgan fingerprint density at radius 1 is 0.786 bits per heavy atom. The monoisotopic (exact) mass is 186 g/mol. The van der Waals surface area contributed by atoms with Crippen LogP contribution in [0, 0.1) is 0 Å². The summed E-state index contributed by atoms with van der Waals surface area (Å²) in [5.41, 5.74) is 2.41. The highest BCUT2D eigenvalue weighted by Gasteiger charge is 2.10. The van der Waals surface area contributed by atoms with Crippen LogP contribution in [0.25, 0.3) is 10.8 Å². The molecule has 0 unspecified atom stereocenters. The van der Waals surface area contributed by atoms with Gasteiger partial charge in [-0.15, -0.1) is 0 Å². The van der Waals surface area contributed by atoms with Crippen molar-refractivity contribution in [3.8, 4) is 0 Å². The molecular formula is C12H10O2. The highest BCUT2D eigenvalue weighted by Crippen LogP contribution is 2.26. The second-order valence-electron chi connectivity index (χ2n) is 3.46. The molecule has 0 aromatic heterocycles. The molecule has 1 heterocycles. The van der Waals surface area contributed by atoms with Crippen molar-refractivity contribution in [3.05, 3.63) is 47.5 Å². The molecule has 14 heavy (non-hydrogen) atoms. The molecule has 70 valence electrons. The van der Waals surface area contributed by atoms with Gasteiger partial charge in [-0.3, -0.25) is 0 Å². The van der Waals surface area contributed by atoms with Crippen LogP contribution in [0.3, 0.4) is 0 Å². The van der Waals surface area contributed by atoms with Crippen LogP contribution >= 0.6 is 0 Å². The Labute approximate surface area is 82.0 Å². The van der Waals surface area contributed by atoms with Crippen molar-refractivity contribution < 1.29 is 9.78 Å². The molecule has 0 aliphatic carbocycles. The first kappa shape index (κ1) is 7.97. The van der Waals surface area contributed by atoms with E-state index in [1.807, 2.05) is 0 Å². The van der Waals surface area contributed by atoms with Crippen molar-refractivity contribution in [1.82, 2.24) is 0 Å². The summed E-state index contributed by atoms with van der Waals surface area (Å²) < 4.78 is 0. The van der Waals surface area contributed by atoms with Crippen molar-refractivity contribution in [2.45, 2.75) is 13.2 Å². The molecule has 2 heteroatoms. The maximum atomic E-state index is 5.07. The Balaban J connectivity index is 2.41. The first-order valence-electron chi connectivity index (χ1n) is 4.69. The Kier molecular flexibility index (Phi) is 1.76. The summed E-state index contributed by atoms with van der Waals surface area (Å²) in [4.78, 5) is 10.1. The Hall–Kier alpha value is -1.38. The summed E-state index contributed by atoms with van der Waals surface area (Å²) in [6.45, 7) is 1.07. The molecule has 0 fully saturated rings. The number of rotatable bonds is 0. The predicted octanol–water partition coefficient (Wildman–Crippen LogP) is 2.80. The van der Waals surface area contributed by atoms with Crippen molar-refractivity contribution in [1.29, 1.82) is 0 Å². The summed E-state index contributed by atoms with van der Waals surface area (Å²) in [5.74, 6) is 0. The second-order valence-corrected chi connectivity index (χ2v) is 3.46. The molecule has 0 bridgehead atoms. The maximum Gasteiger partial charge on any atom is 0.108 e. The summed E-state index contributed by atoms with van der Waals surface area (Å²) in [5, 5.41) is 2.54. The van der Waals surface area contributed by atoms with E-state index in [-0.39, 0.29) is 0 Å². The lowest BCUT2D eigenvalue weighted by atomic mass is 10.0. The molecule has 2 aromatic rings. The SMILES string of the molecule is c1cc2c3c(cccc3c1)COOC2. The first-order valence-corrected chi connectivity index (χ1v) is 4.69. The number of hydrogen-bond donors (Lipinski definition) is 0. The average molecular weight is 186 g/mol. The van der Waals surface area contributed by atoms with E-state index in [2.05, 4.69) is 36.4 Å². The van der Waals surface area contributed by atoms with Crippen LogP contribution in [0.1, 0.15) is 11.1 Å². The first-order chi connectivity index (χ1) is 6.95. The third-order valence-corrected chi connectivity index (χ3v) is 2.59. The molecule has 2 nitrogen and oxygen atoms in total. The van der Waals surface area contributed by atoms with Crippen LogP contribution in [0.15, 0.2) is 36.4 Å². The molecule has 3 rings (SSSR count). The van der Waals surface area contributed by atoms with E-state index in [0.29, 0.717) is 13.2 Å². The quantitative estimate of drug-likeness (QED) is 0.589. The van der Waals surface area contributed by atoms with Crippen LogP contribution in [-0.4, -0.2) is 0 Å². The van der Waals surface area contributed by atoms with Crippen LogP contribution in [0.5, 0.6) is 0 Å². The minimum Gasteiger partial charge on any atom is -0.232 e. The zero-order chi connectivity index (χ0) is 9.38. The van der Waals surface area contributed by atoms with E-state index in [0.717, 1.165) is 0 Å².